The second-order valence-corrected chi connectivity index (χ2v) is 5.03. The minimum Gasteiger partial charge on any atom is -0.355 e. The first-order valence-electron chi connectivity index (χ1n) is 6.49. The molecule has 0 radical (unpaired) electrons. The van der Waals surface area contributed by atoms with E-state index >= 15 is 0 Å². The standard InChI is InChI=1S/C12H21N5O.ClH/c1-17-9-15-10(16-17)4-7-14-11(18)12(8-13)5-2-3-6-12;/h9H,2-8,13H2,1H3,(H,14,18);1H. The van der Waals surface area contributed by atoms with Crippen molar-refractivity contribution in [1.82, 2.24) is 20.1 Å². The molecule has 1 aliphatic carbocycles. The maximum Gasteiger partial charge on any atom is 0.227 e. The number of hydrogen-bond donors (Lipinski definition) is 2. The van der Waals surface area contributed by atoms with E-state index in [9.17, 15) is 4.79 Å². The zero-order chi connectivity index (χ0) is 13.0. The van der Waals surface area contributed by atoms with Gasteiger partial charge in [0.2, 0.25) is 5.91 Å². The molecule has 0 atom stereocenters. The highest BCUT2D eigenvalue weighted by atomic mass is 35.5. The third kappa shape index (κ3) is 3.67. The number of rotatable bonds is 5. The van der Waals surface area contributed by atoms with Crippen LogP contribution in [0.25, 0.3) is 0 Å². The lowest BCUT2D eigenvalue weighted by atomic mass is 9.85. The number of nitrogens with two attached hydrogens (primary N) is 1. The smallest absolute Gasteiger partial charge is 0.227 e. The molecule has 1 amide bonds. The molecule has 2 rings (SSSR count). The van der Waals surface area contributed by atoms with Gasteiger partial charge >= 0.3 is 0 Å². The van der Waals surface area contributed by atoms with Crippen molar-refractivity contribution in [2.45, 2.75) is 32.1 Å². The van der Waals surface area contributed by atoms with Gasteiger partial charge in [-0.3, -0.25) is 9.48 Å². The Morgan fingerprint density at radius 1 is 1.53 bits per heavy atom. The van der Waals surface area contributed by atoms with Gasteiger partial charge in [0.1, 0.15) is 6.33 Å². The molecule has 0 unspecified atom stereocenters. The number of aryl methyl sites for hydroxylation is 1. The molecule has 1 aromatic heterocycles. The molecule has 1 saturated carbocycles. The predicted molar refractivity (Wildman–Crippen MR) is 74.9 cm³/mol. The van der Waals surface area contributed by atoms with Crippen molar-refractivity contribution in [3.63, 3.8) is 0 Å². The van der Waals surface area contributed by atoms with Gasteiger partial charge in [-0.15, -0.1) is 12.4 Å². The summed E-state index contributed by atoms with van der Waals surface area (Å²) in [5, 5.41) is 7.14. The molecule has 7 heteroatoms. The number of carbonyl (C=O) groups is 1. The summed E-state index contributed by atoms with van der Waals surface area (Å²) in [5.74, 6) is 0.851. The minimum atomic E-state index is -0.322. The molecular formula is C12H22ClN5O. The van der Waals surface area contributed by atoms with Gasteiger partial charge in [0.25, 0.3) is 0 Å². The topological polar surface area (TPSA) is 85.8 Å². The minimum absolute atomic E-state index is 0. The fraction of sp³-hybridized carbons (Fsp3) is 0.750. The highest BCUT2D eigenvalue weighted by molar-refractivity contribution is 5.85. The van der Waals surface area contributed by atoms with Gasteiger partial charge in [-0.2, -0.15) is 5.10 Å². The first kappa shape index (κ1) is 15.9. The predicted octanol–water partition coefficient (Wildman–Crippen LogP) is 0.415. The van der Waals surface area contributed by atoms with Gasteiger partial charge in [-0.05, 0) is 12.8 Å². The summed E-state index contributed by atoms with van der Waals surface area (Å²) in [6.45, 7) is 1.02. The zero-order valence-electron chi connectivity index (χ0n) is 11.3. The Morgan fingerprint density at radius 2 is 2.21 bits per heavy atom. The molecule has 1 heterocycles. The first-order valence-corrected chi connectivity index (χ1v) is 6.49. The fourth-order valence-electron chi connectivity index (χ4n) is 2.55. The lowest BCUT2D eigenvalue weighted by molar-refractivity contribution is -0.130. The first-order chi connectivity index (χ1) is 8.66. The Morgan fingerprint density at radius 3 is 2.74 bits per heavy atom. The van der Waals surface area contributed by atoms with Crippen LogP contribution < -0.4 is 11.1 Å². The van der Waals surface area contributed by atoms with Crippen LogP contribution in [0.1, 0.15) is 31.5 Å². The summed E-state index contributed by atoms with van der Waals surface area (Å²) in [5.41, 5.74) is 5.45. The van der Waals surface area contributed by atoms with Crippen LogP contribution in [0, 0.1) is 5.41 Å². The molecule has 0 saturated heterocycles. The molecule has 19 heavy (non-hydrogen) atoms. The maximum absolute atomic E-state index is 12.2. The van der Waals surface area contributed by atoms with E-state index in [1.54, 1.807) is 11.0 Å². The monoisotopic (exact) mass is 287 g/mol. The normalized spacial score (nSPS) is 16.9. The fourth-order valence-corrected chi connectivity index (χ4v) is 2.55. The molecule has 1 fully saturated rings. The number of halogens is 1. The molecule has 1 aromatic rings. The third-order valence-electron chi connectivity index (χ3n) is 3.71. The molecule has 3 N–H and O–H groups in total. The average Bonchev–Trinajstić information content (AvgIpc) is 2.99. The van der Waals surface area contributed by atoms with Crippen molar-refractivity contribution in [2.75, 3.05) is 13.1 Å². The van der Waals surface area contributed by atoms with Crippen molar-refractivity contribution in [3.8, 4) is 0 Å². The van der Waals surface area contributed by atoms with E-state index in [2.05, 4.69) is 15.4 Å². The van der Waals surface area contributed by atoms with Crippen LogP contribution in [0.3, 0.4) is 0 Å². The lowest BCUT2D eigenvalue weighted by Crippen LogP contribution is -2.44. The zero-order valence-corrected chi connectivity index (χ0v) is 12.1. The SMILES string of the molecule is Cl.Cn1cnc(CCNC(=O)C2(CN)CCCC2)n1. The van der Waals surface area contributed by atoms with Crippen LogP contribution in [0.2, 0.25) is 0 Å². The second kappa shape index (κ2) is 6.86. The van der Waals surface area contributed by atoms with Crippen LogP contribution in [-0.2, 0) is 18.3 Å². The molecule has 0 spiro atoms. The number of nitrogens with one attached hydrogen (secondary N) is 1. The Hall–Kier alpha value is -1.14. The summed E-state index contributed by atoms with van der Waals surface area (Å²) in [6.07, 6.45) is 6.36. The summed E-state index contributed by atoms with van der Waals surface area (Å²) >= 11 is 0. The van der Waals surface area contributed by atoms with E-state index < -0.39 is 0 Å². The highest BCUT2D eigenvalue weighted by Crippen LogP contribution is 2.37. The molecule has 0 aliphatic heterocycles. The van der Waals surface area contributed by atoms with E-state index in [1.165, 1.54) is 0 Å². The summed E-state index contributed by atoms with van der Waals surface area (Å²) in [6, 6.07) is 0. The van der Waals surface area contributed by atoms with Gasteiger partial charge in [0.15, 0.2) is 5.82 Å². The largest absolute Gasteiger partial charge is 0.355 e. The van der Waals surface area contributed by atoms with E-state index in [1.807, 2.05) is 7.05 Å². The van der Waals surface area contributed by atoms with Gasteiger partial charge in [-0.25, -0.2) is 4.98 Å². The van der Waals surface area contributed by atoms with Crippen molar-refractivity contribution < 1.29 is 4.79 Å². The van der Waals surface area contributed by atoms with E-state index in [-0.39, 0.29) is 23.7 Å². The molecule has 0 aromatic carbocycles. The van der Waals surface area contributed by atoms with Crippen LogP contribution in [0.5, 0.6) is 0 Å². The van der Waals surface area contributed by atoms with Crippen LogP contribution in [-0.4, -0.2) is 33.8 Å². The Bertz CT molecular complexity index is 414. The van der Waals surface area contributed by atoms with E-state index in [4.69, 9.17) is 5.73 Å². The maximum atomic E-state index is 12.2. The van der Waals surface area contributed by atoms with Crippen LogP contribution in [0.15, 0.2) is 6.33 Å². The number of carbonyl (C=O) groups excluding carboxylic acids is 1. The lowest BCUT2D eigenvalue weighted by Gasteiger charge is -2.25. The Kier molecular flexibility index (Phi) is 5.75. The molecule has 1 aliphatic rings. The van der Waals surface area contributed by atoms with E-state index in [0.29, 0.717) is 19.5 Å². The van der Waals surface area contributed by atoms with Gasteiger partial charge in [-0.1, -0.05) is 12.8 Å². The van der Waals surface area contributed by atoms with Gasteiger partial charge in [0.05, 0.1) is 5.41 Å². The number of aromatic nitrogens is 3. The quantitative estimate of drug-likeness (QED) is 0.821. The highest BCUT2D eigenvalue weighted by Gasteiger charge is 2.39. The van der Waals surface area contributed by atoms with Crippen LogP contribution in [0.4, 0.5) is 0 Å². The Labute approximate surface area is 119 Å². The summed E-state index contributed by atoms with van der Waals surface area (Å²) < 4.78 is 1.66. The number of hydrogen-bond acceptors (Lipinski definition) is 4. The Balaban J connectivity index is 0.00000180. The number of nitrogens with zero attached hydrogens (tertiary/aromatic N) is 3. The molecule has 6 nitrogen and oxygen atoms in total. The van der Waals surface area contributed by atoms with Gasteiger partial charge in [0, 0.05) is 26.6 Å². The van der Waals surface area contributed by atoms with Crippen molar-refractivity contribution in [2.24, 2.45) is 18.2 Å². The third-order valence-corrected chi connectivity index (χ3v) is 3.71. The van der Waals surface area contributed by atoms with Crippen molar-refractivity contribution >= 4 is 18.3 Å². The van der Waals surface area contributed by atoms with Crippen LogP contribution >= 0.6 is 12.4 Å². The average molecular weight is 288 g/mol. The molecule has 0 bridgehead atoms. The van der Waals surface area contributed by atoms with Gasteiger partial charge < -0.3 is 11.1 Å². The van der Waals surface area contributed by atoms with Crippen molar-refractivity contribution in [3.05, 3.63) is 12.2 Å². The molecule has 108 valence electrons. The molecular weight excluding hydrogens is 266 g/mol. The van der Waals surface area contributed by atoms with E-state index in [0.717, 1.165) is 31.5 Å². The summed E-state index contributed by atoms with van der Waals surface area (Å²) in [7, 11) is 1.83. The second-order valence-electron chi connectivity index (χ2n) is 5.03. The van der Waals surface area contributed by atoms with Crippen molar-refractivity contribution in [1.29, 1.82) is 0 Å². The summed E-state index contributed by atoms with van der Waals surface area (Å²) in [4.78, 5) is 16.3. The number of amides is 1.